The molecule has 2 amide bonds. The molecule has 0 radical (unpaired) electrons. The Labute approximate surface area is 196 Å². The number of hydrogen-bond acceptors (Lipinski definition) is 8. The van der Waals surface area contributed by atoms with E-state index in [1.807, 2.05) is 0 Å². The number of hydrogen-bond donors (Lipinski definition) is 2. The van der Waals surface area contributed by atoms with Crippen LogP contribution in [0.5, 0.6) is 5.75 Å². The van der Waals surface area contributed by atoms with Gasteiger partial charge >= 0.3 is 5.97 Å². The van der Waals surface area contributed by atoms with Crippen molar-refractivity contribution in [1.82, 2.24) is 4.90 Å². The molecule has 1 heterocycles. The smallest absolute Gasteiger partial charge is 0.338 e. The number of methoxy groups -OCH3 is 1. The van der Waals surface area contributed by atoms with Crippen LogP contribution >= 0.6 is 0 Å². The number of aliphatic hydroxyl groups is 1. The van der Waals surface area contributed by atoms with Crippen LogP contribution in [0.15, 0.2) is 48.5 Å². The highest BCUT2D eigenvalue weighted by atomic mass is 16.5. The molecule has 3 rings (SSSR count). The zero-order chi connectivity index (χ0) is 24.5. The lowest BCUT2D eigenvalue weighted by atomic mass is 10.1. The topological polar surface area (TPSA) is 131 Å². The number of carbonyl (C=O) groups excluding carboxylic acids is 4. The van der Waals surface area contributed by atoms with Crippen LogP contribution in [0.2, 0.25) is 0 Å². The fraction of sp³-hybridized carbons (Fsp3) is 0.333. The Balaban J connectivity index is 1.49. The zero-order valence-electron chi connectivity index (χ0n) is 18.7. The second-order valence-electron chi connectivity index (χ2n) is 7.47. The Morgan fingerprint density at radius 3 is 2.62 bits per heavy atom. The van der Waals surface area contributed by atoms with Crippen LogP contribution < -0.4 is 10.1 Å². The number of ketones is 1. The number of β-amino-alcohol motifs (C(OH)–C–C–N with tert-alkyl or cyclic N) is 1. The lowest BCUT2D eigenvalue weighted by Crippen LogP contribution is -2.49. The molecule has 1 fully saturated rings. The molecular weight excluding hydrogens is 444 g/mol. The van der Waals surface area contributed by atoms with Crippen LogP contribution in [-0.2, 0) is 19.1 Å². The first kappa shape index (κ1) is 24.9. The van der Waals surface area contributed by atoms with Gasteiger partial charge in [-0.2, -0.15) is 0 Å². The lowest BCUT2D eigenvalue weighted by Gasteiger charge is -2.31. The second kappa shape index (κ2) is 11.9. The van der Waals surface area contributed by atoms with Crippen LogP contribution in [0.3, 0.4) is 0 Å². The quantitative estimate of drug-likeness (QED) is 0.392. The number of morpholine rings is 1. The van der Waals surface area contributed by atoms with Gasteiger partial charge in [0.15, 0.2) is 12.4 Å². The maximum absolute atomic E-state index is 12.3. The molecule has 0 bridgehead atoms. The fourth-order valence-corrected chi connectivity index (χ4v) is 3.34. The summed E-state index contributed by atoms with van der Waals surface area (Å²) in [5.41, 5.74) is 0.997. The van der Waals surface area contributed by atoms with Crippen molar-refractivity contribution in [2.75, 3.05) is 45.3 Å². The van der Waals surface area contributed by atoms with Gasteiger partial charge in [0.1, 0.15) is 11.9 Å². The molecule has 2 aromatic carbocycles. The molecule has 10 nitrogen and oxygen atoms in total. The molecule has 0 spiro atoms. The van der Waals surface area contributed by atoms with Gasteiger partial charge in [0.25, 0.3) is 5.91 Å². The average Bonchev–Trinajstić information content (AvgIpc) is 2.85. The van der Waals surface area contributed by atoms with E-state index in [0.717, 1.165) is 0 Å². The standard InChI is InChI=1S/C24H26N2O8/c1-32-19-4-2-3-17(13-19)20(28)15-34-24(31)16-5-7-18(8-6-16)25-22(29)14-21-23(30)26(9-11-27)10-12-33-21/h2-8,13,21,27H,9-12,14-15H2,1H3,(H,25,29). The van der Waals surface area contributed by atoms with Gasteiger partial charge in [0.05, 0.1) is 32.3 Å². The Hall–Kier alpha value is -3.76. The van der Waals surface area contributed by atoms with E-state index in [2.05, 4.69) is 5.32 Å². The highest BCUT2D eigenvalue weighted by molar-refractivity contribution is 6.00. The molecule has 1 aliphatic heterocycles. The van der Waals surface area contributed by atoms with Crippen LogP contribution in [0, 0.1) is 0 Å². The number of Topliss-reactive ketones (excluding diaryl/α,β-unsaturated/α-hetero) is 1. The number of nitrogens with zero attached hydrogens (tertiary/aromatic N) is 1. The minimum atomic E-state index is -0.906. The summed E-state index contributed by atoms with van der Waals surface area (Å²) in [5, 5.41) is 11.7. The third-order valence-electron chi connectivity index (χ3n) is 5.14. The van der Waals surface area contributed by atoms with E-state index in [1.54, 1.807) is 24.3 Å². The first-order valence-corrected chi connectivity index (χ1v) is 10.7. The molecule has 1 atom stereocenters. The molecule has 1 aliphatic rings. The van der Waals surface area contributed by atoms with Crippen LogP contribution in [-0.4, -0.2) is 79.7 Å². The van der Waals surface area contributed by atoms with Gasteiger partial charge in [0.2, 0.25) is 5.91 Å². The normalized spacial score (nSPS) is 15.5. The van der Waals surface area contributed by atoms with Crippen molar-refractivity contribution in [1.29, 1.82) is 0 Å². The number of nitrogens with one attached hydrogen (secondary N) is 1. The van der Waals surface area contributed by atoms with Crippen molar-refractivity contribution in [3.63, 3.8) is 0 Å². The van der Waals surface area contributed by atoms with E-state index in [9.17, 15) is 19.2 Å². The molecule has 0 aliphatic carbocycles. The van der Waals surface area contributed by atoms with Gasteiger partial charge in [-0.05, 0) is 36.4 Å². The largest absolute Gasteiger partial charge is 0.497 e. The molecule has 34 heavy (non-hydrogen) atoms. The van der Waals surface area contributed by atoms with Crippen molar-refractivity contribution >= 4 is 29.3 Å². The molecule has 0 aromatic heterocycles. The number of benzene rings is 2. The van der Waals surface area contributed by atoms with Gasteiger partial charge in [0, 0.05) is 24.3 Å². The van der Waals surface area contributed by atoms with E-state index >= 15 is 0 Å². The van der Waals surface area contributed by atoms with Gasteiger partial charge in [-0.15, -0.1) is 0 Å². The molecular formula is C24H26N2O8. The van der Waals surface area contributed by atoms with E-state index in [0.29, 0.717) is 30.2 Å². The molecule has 2 N–H and O–H groups in total. The number of amides is 2. The Kier molecular flexibility index (Phi) is 8.72. The van der Waals surface area contributed by atoms with E-state index in [1.165, 1.54) is 36.3 Å². The number of carbonyl (C=O) groups is 4. The fourth-order valence-electron chi connectivity index (χ4n) is 3.34. The van der Waals surface area contributed by atoms with Gasteiger partial charge < -0.3 is 29.5 Å². The van der Waals surface area contributed by atoms with Gasteiger partial charge in [-0.25, -0.2) is 4.79 Å². The Bertz CT molecular complexity index is 1040. The summed E-state index contributed by atoms with van der Waals surface area (Å²) >= 11 is 0. The summed E-state index contributed by atoms with van der Waals surface area (Å²) in [7, 11) is 1.49. The summed E-state index contributed by atoms with van der Waals surface area (Å²) in [5.74, 6) is -1.29. The predicted molar refractivity (Wildman–Crippen MR) is 121 cm³/mol. The molecule has 0 saturated carbocycles. The summed E-state index contributed by atoms with van der Waals surface area (Å²) < 4.78 is 15.6. The van der Waals surface area contributed by atoms with E-state index in [4.69, 9.17) is 19.3 Å². The van der Waals surface area contributed by atoms with E-state index in [-0.39, 0.29) is 36.8 Å². The third kappa shape index (κ3) is 6.63. The first-order valence-electron chi connectivity index (χ1n) is 10.7. The van der Waals surface area contributed by atoms with Crippen molar-refractivity contribution in [3.8, 4) is 5.75 Å². The molecule has 1 unspecified atom stereocenters. The van der Waals surface area contributed by atoms with Crippen molar-refractivity contribution < 1.29 is 38.5 Å². The number of esters is 1. The van der Waals surface area contributed by atoms with Crippen molar-refractivity contribution in [2.45, 2.75) is 12.5 Å². The monoisotopic (exact) mass is 470 g/mol. The average molecular weight is 470 g/mol. The van der Waals surface area contributed by atoms with Crippen LogP contribution in [0.4, 0.5) is 5.69 Å². The summed E-state index contributed by atoms with van der Waals surface area (Å²) in [4.78, 5) is 50.6. The molecule has 10 heteroatoms. The van der Waals surface area contributed by atoms with Crippen molar-refractivity contribution in [3.05, 3.63) is 59.7 Å². The zero-order valence-corrected chi connectivity index (χ0v) is 18.7. The molecule has 2 aromatic rings. The number of ether oxygens (including phenoxy) is 3. The highest BCUT2D eigenvalue weighted by Gasteiger charge is 2.31. The number of anilines is 1. The molecule has 180 valence electrons. The summed E-state index contributed by atoms with van der Waals surface area (Å²) in [6, 6.07) is 12.5. The maximum atomic E-state index is 12.3. The second-order valence-corrected chi connectivity index (χ2v) is 7.47. The van der Waals surface area contributed by atoms with Crippen LogP contribution in [0.25, 0.3) is 0 Å². The Morgan fingerprint density at radius 2 is 1.91 bits per heavy atom. The van der Waals surface area contributed by atoms with Crippen LogP contribution in [0.1, 0.15) is 27.1 Å². The predicted octanol–water partition coefficient (Wildman–Crippen LogP) is 1.28. The summed E-state index contributed by atoms with van der Waals surface area (Å²) in [6.45, 7) is 0.284. The van der Waals surface area contributed by atoms with E-state index < -0.39 is 24.6 Å². The minimum absolute atomic E-state index is 0.158. The lowest BCUT2D eigenvalue weighted by molar-refractivity contribution is -0.155. The first-order chi connectivity index (χ1) is 16.4. The van der Waals surface area contributed by atoms with Crippen molar-refractivity contribution in [2.24, 2.45) is 0 Å². The molecule has 1 saturated heterocycles. The SMILES string of the molecule is COc1cccc(C(=O)COC(=O)c2ccc(NC(=O)CC3OCCN(CCO)C3=O)cc2)c1. The Morgan fingerprint density at radius 1 is 1.15 bits per heavy atom. The third-order valence-corrected chi connectivity index (χ3v) is 5.14. The maximum Gasteiger partial charge on any atom is 0.338 e. The summed E-state index contributed by atoms with van der Waals surface area (Å²) in [6.07, 6.45) is -1.08. The van der Waals surface area contributed by atoms with Gasteiger partial charge in [-0.1, -0.05) is 12.1 Å². The highest BCUT2D eigenvalue weighted by Crippen LogP contribution is 2.16. The number of rotatable bonds is 10. The van der Waals surface area contributed by atoms with Gasteiger partial charge in [-0.3, -0.25) is 14.4 Å². The number of aliphatic hydroxyl groups excluding tert-OH is 1. The minimum Gasteiger partial charge on any atom is -0.497 e.